The number of halogens is 1. The quantitative estimate of drug-likeness (QED) is 0.397. The number of hydrogen-bond donors (Lipinski definition) is 0. The van der Waals surface area contributed by atoms with Gasteiger partial charge in [0.2, 0.25) is 0 Å². The van der Waals surface area contributed by atoms with Crippen LogP contribution >= 0.6 is 0 Å². The van der Waals surface area contributed by atoms with Gasteiger partial charge in [-0.3, -0.25) is 4.79 Å². The second kappa shape index (κ2) is 10.3. The summed E-state index contributed by atoms with van der Waals surface area (Å²) in [5.41, 5.74) is 3.37. The van der Waals surface area contributed by atoms with Crippen LogP contribution in [0.15, 0.2) is 78.4 Å². The topological polar surface area (TPSA) is 23.6 Å². The van der Waals surface area contributed by atoms with Crippen molar-refractivity contribution in [2.45, 2.75) is 32.6 Å². The highest BCUT2D eigenvalue weighted by atomic mass is 19.1. The molecule has 5 rings (SSSR count). The van der Waals surface area contributed by atoms with Gasteiger partial charge in [-0.2, -0.15) is 0 Å². The van der Waals surface area contributed by atoms with Crippen LogP contribution in [0.5, 0.6) is 0 Å². The summed E-state index contributed by atoms with van der Waals surface area (Å²) in [6, 6.07) is 21.2. The zero-order valence-electron chi connectivity index (χ0n) is 20.8. The van der Waals surface area contributed by atoms with Gasteiger partial charge < -0.3 is 9.80 Å². The monoisotopic (exact) mass is 470 g/mol. The lowest BCUT2D eigenvalue weighted by Gasteiger charge is -2.34. The summed E-state index contributed by atoms with van der Waals surface area (Å²) in [7, 11) is 0. The van der Waals surface area contributed by atoms with Crippen LogP contribution in [0.2, 0.25) is 0 Å². The average molecular weight is 471 g/mol. The molecule has 0 radical (unpaired) electrons. The van der Waals surface area contributed by atoms with Crippen molar-refractivity contribution in [1.82, 2.24) is 9.80 Å². The first kappa shape index (κ1) is 23.7. The molecule has 35 heavy (non-hydrogen) atoms. The van der Waals surface area contributed by atoms with Crippen LogP contribution in [-0.4, -0.2) is 48.4 Å². The van der Waals surface area contributed by atoms with Gasteiger partial charge in [0.15, 0.2) is 0 Å². The third kappa shape index (κ3) is 5.33. The zero-order chi connectivity index (χ0) is 24.4. The molecule has 0 aliphatic carbocycles. The summed E-state index contributed by atoms with van der Waals surface area (Å²) in [5, 5.41) is 2.14. The Morgan fingerprint density at radius 2 is 1.66 bits per heavy atom. The van der Waals surface area contributed by atoms with Gasteiger partial charge in [-0.25, -0.2) is 4.39 Å². The number of benzene rings is 3. The number of allylic oxidation sites excluding steroid dienone is 1. The first-order valence-corrected chi connectivity index (χ1v) is 12.9. The highest BCUT2D eigenvalue weighted by Crippen LogP contribution is 2.33. The first-order valence-electron chi connectivity index (χ1n) is 12.9. The summed E-state index contributed by atoms with van der Waals surface area (Å²) in [6.07, 6.45) is 4.57. The summed E-state index contributed by atoms with van der Waals surface area (Å²) < 4.78 is 13.3. The number of fused-ring (bicyclic) bond motifs is 1. The fourth-order valence-electron chi connectivity index (χ4n) is 5.97. The van der Waals surface area contributed by atoms with Crippen molar-refractivity contribution in [2.75, 3.05) is 32.7 Å². The highest BCUT2D eigenvalue weighted by molar-refractivity contribution is 6.07. The van der Waals surface area contributed by atoms with Crippen molar-refractivity contribution in [1.29, 1.82) is 0 Å². The van der Waals surface area contributed by atoms with Crippen molar-refractivity contribution in [3.63, 3.8) is 0 Å². The number of carbonyl (C=O) groups excluding carboxylic acids is 1. The molecule has 0 saturated carbocycles. The number of carbonyl (C=O) groups is 1. The van der Waals surface area contributed by atoms with Crippen LogP contribution < -0.4 is 0 Å². The SMILES string of the molecule is CC(C)=CC1CN(C(=O)c2cccc3ccccc23)CC1CN1CCC(c2ccc(F)cc2)CC1. The number of nitrogens with zero attached hydrogens (tertiary/aromatic N) is 2. The molecule has 0 aromatic heterocycles. The first-order chi connectivity index (χ1) is 17.0. The van der Waals surface area contributed by atoms with Crippen molar-refractivity contribution in [2.24, 2.45) is 11.8 Å². The molecular formula is C31H35FN2O. The fourth-order valence-corrected chi connectivity index (χ4v) is 5.97. The zero-order valence-corrected chi connectivity index (χ0v) is 20.8. The Morgan fingerprint density at radius 1 is 0.943 bits per heavy atom. The van der Waals surface area contributed by atoms with E-state index in [0.717, 1.165) is 61.9 Å². The molecule has 2 unspecified atom stereocenters. The van der Waals surface area contributed by atoms with Gasteiger partial charge >= 0.3 is 0 Å². The van der Waals surface area contributed by atoms with Crippen molar-refractivity contribution >= 4 is 16.7 Å². The molecule has 0 N–H and O–H groups in total. The number of piperidine rings is 1. The average Bonchev–Trinajstić information content (AvgIpc) is 3.25. The Hall–Kier alpha value is -2.98. The van der Waals surface area contributed by atoms with Gasteiger partial charge in [0.05, 0.1) is 0 Å². The minimum Gasteiger partial charge on any atom is -0.338 e. The molecule has 0 bridgehead atoms. The van der Waals surface area contributed by atoms with Crippen LogP contribution in [-0.2, 0) is 0 Å². The molecule has 1 amide bonds. The van der Waals surface area contributed by atoms with E-state index < -0.39 is 0 Å². The minimum absolute atomic E-state index is 0.145. The normalized spacial score (nSPS) is 21.4. The van der Waals surface area contributed by atoms with E-state index in [4.69, 9.17) is 0 Å². The second-order valence-corrected chi connectivity index (χ2v) is 10.5. The molecule has 2 aliphatic rings. The van der Waals surface area contributed by atoms with E-state index in [1.54, 1.807) is 12.1 Å². The van der Waals surface area contributed by atoms with Gasteiger partial charge in [-0.1, -0.05) is 60.2 Å². The molecule has 2 saturated heterocycles. The Labute approximate surface area is 208 Å². The summed E-state index contributed by atoms with van der Waals surface area (Å²) in [4.78, 5) is 18.3. The third-order valence-electron chi connectivity index (χ3n) is 7.77. The predicted molar refractivity (Wildman–Crippen MR) is 141 cm³/mol. The van der Waals surface area contributed by atoms with Crippen LogP contribution in [0.3, 0.4) is 0 Å². The molecule has 2 fully saturated rings. The minimum atomic E-state index is -0.166. The van der Waals surface area contributed by atoms with E-state index in [0.29, 0.717) is 17.8 Å². The van der Waals surface area contributed by atoms with Gasteiger partial charge in [-0.15, -0.1) is 0 Å². The molecule has 4 heteroatoms. The number of hydrogen-bond acceptors (Lipinski definition) is 2. The predicted octanol–water partition coefficient (Wildman–Crippen LogP) is 6.51. The molecule has 2 heterocycles. The lowest BCUT2D eigenvalue weighted by Crippen LogP contribution is -2.38. The van der Waals surface area contributed by atoms with Crippen LogP contribution in [0.4, 0.5) is 4.39 Å². The van der Waals surface area contributed by atoms with Gasteiger partial charge in [0.1, 0.15) is 5.82 Å². The van der Waals surface area contributed by atoms with Gasteiger partial charge in [0, 0.05) is 31.1 Å². The van der Waals surface area contributed by atoms with Crippen molar-refractivity contribution < 1.29 is 9.18 Å². The number of rotatable bonds is 5. The standard InChI is InChI=1S/C31H35FN2O/c1-22(2)18-26-20-34(31(35)30-9-5-7-25-6-3-4-8-29(25)30)21-27(26)19-33-16-14-24(15-17-33)23-10-12-28(32)13-11-23/h3-13,18,24,26-27H,14-17,19-21H2,1-2H3. The molecule has 2 aliphatic heterocycles. The maximum Gasteiger partial charge on any atom is 0.254 e. The van der Waals surface area contributed by atoms with E-state index in [9.17, 15) is 9.18 Å². The van der Waals surface area contributed by atoms with Gasteiger partial charge in [-0.05, 0) is 86.1 Å². The van der Waals surface area contributed by atoms with Crippen molar-refractivity contribution in [3.05, 3.63) is 95.3 Å². The Balaban J connectivity index is 1.27. The fraction of sp³-hybridized carbons (Fsp3) is 0.387. The Bertz CT molecular complexity index is 1200. The van der Waals surface area contributed by atoms with Gasteiger partial charge in [0.25, 0.3) is 5.91 Å². The second-order valence-electron chi connectivity index (χ2n) is 10.5. The lowest BCUT2D eigenvalue weighted by molar-refractivity contribution is 0.0783. The van der Waals surface area contributed by atoms with E-state index in [2.05, 4.69) is 47.9 Å². The third-order valence-corrected chi connectivity index (χ3v) is 7.77. The van der Waals surface area contributed by atoms with E-state index in [1.165, 1.54) is 11.1 Å². The largest absolute Gasteiger partial charge is 0.338 e. The molecule has 182 valence electrons. The van der Waals surface area contributed by atoms with Crippen LogP contribution in [0, 0.1) is 17.7 Å². The molecule has 3 aromatic rings. The Morgan fingerprint density at radius 3 is 2.40 bits per heavy atom. The highest BCUT2D eigenvalue weighted by Gasteiger charge is 2.36. The maximum absolute atomic E-state index is 13.6. The van der Waals surface area contributed by atoms with E-state index in [1.807, 2.05) is 36.4 Å². The molecule has 2 atom stereocenters. The molecular weight excluding hydrogens is 435 g/mol. The number of likely N-dealkylation sites (tertiary alicyclic amines) is 2. The summed E-state index contributed by atoms with van der Waals surface area (Å²) in [6.45, 7) is 9.01. The Kier molecular flexibility index (Phi) is 7.01. The molecule has 3 nitrogen and oxygen atoms in total. The van der Waals surface area contributed by atoms with E-state index >= 15 is 0 Å². The lowest BCUT2D eigenvalue weighted by atomic mass is 9.88. The number of amides is 1. The summed E-state index contributed by atoms with van der Waals surface area (Å²) >= 11 is 0. The van der Waals surface area contributed by atoms with Crippen molar-refractivity contribution in [3.8, 4) is 0 Å². The maximum atomic E-state index is 13.6. The summed E-state index contributed by atoms with van der Waals surface area (Å²) in [5.74, 6) is 1.31. The molecule has 0 spiro atoms. The van der Waals surface area contributed by atoms with Crippen LogP contribution in [0.1, 0.15) is 48.5 Å². The smallest absolute Gasteiger partial charge is 0.254 e. The van der Waals surface area contributed by atoms with Crippen LogP contribution in [0.25, 0.3) is 10.8 Å². The molecule has 3 aromatic carbocycles. The van der Waals surface area contributed by atoms with E-state index in [-0.39, 0.29) is 11.7 Å².